The molecule has 0 unspecified atom stereocenters. The van der Waals surface area contributed by atoms with Crippen molar-refractivity contribution in [3.05, 3.63) is 139 Å². The molecule has 5 aromatic carbocycles. The maximum Gasteiger partial charge on any atom is 0.227 e. The van der Waals surface area contributed by atoms with E-state index in [0.29, 0.717) is 0 Å². The van der Waals surface area contributed by atoms with Crippen molar-refractivity contribution in [2.45, 2.75) is 6.92 Å². The quantitative estimate of drug-likeness (QED) is 0.227. The van der Waals surface area contributed by atoms with E-state index < -0.39 is 0 Å². The van der Waals surface area contributed by atoms with Gasteiger partial charge in [-0.2, -0.15) is 4.57 Å². The molecule has 0 radical (unpaired) electrons. The number of hydrogen-bond donors (Lipinski definition) is 0. The molecular formula is C35H28NO+. The van der Waals surface area contributed by atoms with Crippen molar-refractivity contribution in [1.29, 1.82) is 0 Å². The van der Waals surface area contributed by atoms with E-state index in [4.69, 9.17) is 4.74 Å². The Kier molecular flexibility index (Phi) is 6.00. The van der Waals surface area contributed by atoms with Gasteiger partial charge in [-0.1, -0.05) is 84.9 Å². The lowest BCUT2D eigenvalue weighted by Crippen LogP contribution is -2.38. The highest BCUT2D eigenvalue weighted by Gasteiger charge is 2.28. The van der Waals surface area contributed by atoms with Crippen molar-refractivity contribution >= 4 is 10.8 Å². The molecule has 2 nitrogen and oxygen atoms in total. The summed E-state index contributed by atoms with van der Waals surface area (Å²) in [5, 5.41) is 2.47. The lowest BCUT2D eigenvalue weighted by molar-refractivity contribution is -0.588. The Hall–Kier alpha value is -4.69. The van der Waals surface area contributed by atoms with Crippen molar-refractivity contribution in [1.82, 2.24) is 0 Å². The summed E-state index contributed by atoms with van der Waals surface area (Å²) in [6, 6.07) is 47.3. The molecule has 37 heavy (non-hydrogen) atoms. The van der Waals surface area contributed by atoms with E-state index in [0.717, 1.165) is 11.4 Å². The van der Waals surface area contributed by atoms with E-state index >= 15 is 0 Å². The highest BCUT2D eigenvalue weighted by molar-refractivity contribution is 6.04. The lowest BCUT2D eigenvalue weighted by atomic mass is 9.90. The number of pyridine rings is 1. The molecule has 0 saturated carbocycles. The number of aryl methyl sites for hydroxylation is 1. The molecular weight excluding hydrogens is 450 g/mol. The highest BCUT2D eigenvalue weighted by Crippen LogP contribution is 2.39. The standard InChI is InChI=1S/C35H28NO/c1-25-32-23-18-29(26-12-6-3-7-13-26)24-33(32)34(27-14-8-4-9-15-27)35(28-16-10-5-11-17-28)36(25)30-19-21-31(37-2)22-20-30/h3-24H,1-2H3/q+1. The first kappa shape index (κ1) is 22.8. The van der Waals surface area contributed by atoms with E-state index in [1.807, 2.05) is 12.1 Å². The summed E-state index contributed by atoms with van der Waals surface area (Å²) >= 11 is 0. The van der Waals surface area contributed by atoms with Crippen LogP contribution in [0, 0.1) is 6.92 Å². The van der Waals surface area contributed by atoms with E-state index in [1.165, 1.54) is 50.0 Å². The van der Waals surface area contributed by atoms with Gasteiger partial charge in [0.25, 0.3) is 0 Å². The first-order valence-electron chi connectivity index (χ1n) is 12.6. The normalized spacial score (nSPS) is 11.0. The van der Waals surface area contributed by atoms with Gasteiger partial charge in [0, 0.05) is 35.4 Å². The third kappa shape index (κ3) is 4.17. The molecule has 178 valence electrons. The van der Waals surface area contributed by atoms with Crippen LogP contribution in [0.25, 0.3) is 50.0 Å². The Morgan fingerprint density at radius 3 is 1.68 bits per heavy atom. The minimum absolute atomic E-state index is 0.847. The predicted molar refractivity (Wildman–Crippen MR) is 153 cm³/mol. The van der Waals surface area contributed by atoms with Crippen LogP contribution in [0.4, 0.5) is 0 Å². The number of aromatic nitrogens is 1. The third-order valence-electron chi connectivity index (χ3n) is 7.02. The Morgan fingerprint density at radius 2 is 1.08 bits per heavy atom. The summed E-state index contributed by atoms with van der Waals surface area (Å²) in [6.07, 6.45) is 0. The molecule has 0 aliphatic carbocycles. The van der Waals surface area contributed by atoms with E-state index in [2.05, 4.69) is 133 Å². The predicted octanol–water partition coefficient (Wildman–Crippen LogP) is 8.43. The fourth-order valence-electron chi connectivity index (χ4n) is 5.22. The van der Waals surface area contributed by atoms with Crippen molar-refractivity contribution in [2.75, 3.05) is 7.11 Å². The summed E-state index contributed by atoms with van der Waals surface area (Å²) in [6.45, 7) is 2.22. The number of methoxy groups -OCH3 is 1. The second-order valence-corrected chi connectivity index (χ2v) is 9.20. The topological polar surface area (TPSA) is 13.1 Å². The van der Waals surface area contributed by atoms with E-state index in [1.54, 1.807) is 7.11 Å². The third-order valence-corrected chi connectivity index (χ3v) is 7.02. The Bertz CT molecular complexity index is 1670. The molecule has 0 saturated heterocycles. The zero-order valence-corrected chi connectivity index (χ0v) is 21.1. The van der Waals surface area contributed by atoms with Crippen molar-refractivity contribution in [3.63, 3.8) is 0 Å². The Morgan fingerprint density at radius 1 is 0.514 bits per heavy atom. The summed E-state index contributed by atoms with van der Waals surface area (Å²) in [4.78, 5) is 0. The maximum absolute atomic E-state index is 5.46. The van der Waals surface area contributed by atoms with Gasteiger partial charge in [0.2, 0.25) is 11.4 Å². The number of nitrogens with zero attached hydrogens (tertiary/aromatic N) is 1. The molecule has 0 aliphatic heterocycles. The zero-order valence-electron chi connectivity index (χ0n) is 21.1. The molecule has 2 heteroatoms. The van der Waals surface area contributed by atoms with Crippen LogP contribution in [-0.4, -0.2) is 7.11 Å². The summed E-state index contributed by atoms with van der Waals surface area (Å²) in [5.41, 5.74) is 9.49. The summed E-state index contributed by atoms with van der Waals surface area (Å²) in [5.74, 6) is 0.847. The van der Waals surface area contributed by atoms with Crippen LogP contribution in [0.5, 0.6) is 5.75 Å². The van der Waals surface area contributed by atoms with E-state index in [9.17, 15) is 0 Å². The van der Waals surface area contributed by atoms with Crippen LogP contribution in [0.15, 0.2) is 133 Å². The van der Waals surface area contributed by atoms with Crippen LogP contribution >= 0.6 is 0 Å². The van der Waals surface area contributed by atoms with Gasteiger partial charge in [0.1, 0.15) is 5.75 Å². The Labute approximate surface area is 218 Å². The molecule has 6 aromatic rings. The second-order valence-electron chi connectivity index (χ2n) is 9.20. The van der Waals surface area contributed by atoms with Gasteiger partial charge in [0.05, 0.1) is 12.7 Å². The zero-order chi connectivity index (χ0) is 25.2. The molecule has 0 N–H and O–H groups in total. The summed E-state index contributed by atoms with van der Waals surface area (Å²) in [7, 11) is 1.71. The monoisotopic (exact) mass is 478 g/mol. The number of hydrogen-bond acceptors (Lipinski definition) is 1. The van der Waals surface area contributed by atoms with Crippen LogP contribution in [0.1, 0.15) is 5.69 Å². The van der Waals surface area contributed by atoms with Crippen LogP contribution < -0.4 is 9.30 Å². The molecule has 1 heterocycles. The van der Waals surface area contributed by atoms with Crippen molar-refractivity contribution in [2.24, 2.45) is 0 Å². The highest BCUT2D eigenvalue weighted by atomic mass is 16.5. The second kappa shape index (κ2) is 9.75. The maximum atomic E-state index is 5.46. The smallest absolute Gasteiger partial charge is 0.227 e. The van der Waals surface area contributed by atoms with Crippen LogP contribution in [-0.2, 0) is 0 Å². The van der Waals surface area contributed by atoms with Gasteiger partial charge in [-0.05, 0) is 53.1 Å². The average Bonchev–Trinajstić information content (AvgIpc) is 2.98. The molecule has 6 rings (SSSR count). The minimum atomic E-state index is 0.847. The number of ether oxygens (including phenoxy) is 1. The lowest BCUT2D eigenvalue weighted by Gasteiger charge is -2.17. The van der Waals surface area contributed by atoms with Gasteiger partial charge < -0.3 is 4.74 Å². The van der Waals surface area contributed by atoms with Gasteiger partial charge in [-0.3, -0.25) is 0 Å². The first-order valence-corrected chi connectivity index (χ1v) is 12.6. The molecule has 0 spiro atoms. The average molecular weight is 479 g/mol. The molecule has 0 fully saturated rings. The fourth-order valence-corrected chi connectivity index (χ4v) is 5.22. The van der Waals surface area contributed by atoms with Crippen molar-refractivity contribution < 1.29 is 9.30 Å². The van der Waals surface area contributed by atoms with E-state index in [-0.39, 0.29) is 0 Å². The number of rotatable bonds is 5. The fraction of sp³-hybridized carbons (Fsp3) is 0.0571. The molecule has 0 bridgehead atoms. The van der Waals surface area contributed by atoms with Gasteiger partial charge >= 0.3 is 0 Å². The van der Waals surface area contributed by atoms with Gasteiger partial charge in [-0.25, -0.2) is 0 Å². The molecule has 0 amide bonds. The number of fused-ring (bicyclic) bond motifs is 1. The van der Waals surface area contributed by atoms with Crippen LogP contribution in [0.3, 0.4) is 0 Å². The minimum Gasteiger partial charge on any atom is -0.497 e. The SMILES string of the molecule is COc1ccc(-[n+]2c(-c3ccccc3)c(-c3ccccc3)c3cc(-c4ccccc4)ccc3c2C)cc1. The Balaban J connectivity index is 1.77. The van der Waals surface area contributed by atoms with Gasteiger partial charge in [-0.15, -0.1) is 0 Å². The molecule has 0 aliphatic rings. The van der Waals surface area contributed by atoms with Crippen molar-refractivity contribution in [3.8, 4) is 44.9 Å². The summed E-state index contributed by atoms with van der Waals surface area (Å²) < 4.78 is 7.85. The first-order chi connectivity index (χ1) is 18.2. The number of benzene rings is 5. The molecule has 1 aromatic heterocycles. The molecule has 0 atom stereocenters. The van der Waals surface area contributed by atoms with Gasteiger partial charge in [0.15, 0.2) is 5.69 Å². The van der Waals surface area contributed by atoms with Crippen LogP contribution in [0.2, 0.25) is 0 Å². The largest absolute Gasteiger partial charge is 0.497 e.